The Hall–Kier alpha value is -1.86. The minimum Gasteiger partial charge on any atom is -0.466 e. The van der Waals surface area contributed by atoms with Crippen LogP contribution in [0.4, 0.5) is 0 Å². The highest BCUT2D eigenvalue weighted by molar-refractivity contribution is 5.76. The number of carbonyl (C=O) groups excluding carboxylic acids is 2. The molecule has 0 aromatic rings. The lowest BCUT2D eigenvalue weighted by Gasteiger charge is -2.40. The van der Waals surface area contributed by atoms with Crippen molar-refractivity contribution in [2.45, 2.75) is 281 Å². The van der Waals surface area contributed by atoms with E-state index in [4.69, 9.17) is 14.2 Å². The number of amides is 1. The molecule has 11 heteroatoms. The van der Waals surface area contributed by atoms with E-state index in [2.05, 4.69) is 31.3 Å². The molecule has 0 spiro atoms. The highest BCUT2D eigenvalue weighted by atomic mass is 16.7. The van der Waals surface area contributed by atoms with Crippen molar-refractivity contribution in [2.24, 2.45) is 0 Å². The topological polar surface area (TPSA) is 175 Å². The summed E-state index contributed by atoms with van der Waals surface area (Å²) in [7, 11) is 0. The third-order valence-corrected chi connectivity index (χ3v) is 12.6. The Kier molecular flexibility index (Phi) is 41.1. The Labute approximate surface area is 391 Å². The monoisotopic (exact) mass is 910 g/mol. The maximum Gasteiger partial charge on any atom is 0.305 e. The molecule has 376 valence electrons. The Morgan fingerprint density at radius 2 is 1.02 bits per heavy atom. The number of allylic oxidation sites excluding steroid dienone is 3. The largest absolute Gasteiger partial charge is 0.466 e. The summed E-state index contributed by atoms with van der Waals surface area (Å²) in [6.45, 7) is 4.25. The fourth-order valence-corrected chi connectivity index (χ4v) is 8.27. The quantitative estimate of drug-likeness (QED) is 0.0196. The maximum absolute atomic E-state index is 13.0. The summed E-state index contributed by atoms with van der Waals surface area (Å²) >= 11 is 0. The molecule has 0 aromatic carbocycles. The van der Waals surface area contributed by atoms with Crippen LogP contribution in [-0.2, 0) is 23.8 Å². The minimum absolute atomic E-state index is 0.0348. The van der Waals surface area contributed by atoms with E-state index in [1.165, 1.54) is 141 Å². The SMILES string of the molecule is CCCCCCCCC/C=C/CC/C=C/C(O)C(COC1OC(CO)C(O)C(O)C1O)NC(=O)CCCCCCCCCCCCCCOC(=O)CCCCCCCCCCCCC. The van der Waals surface area contributed by atoms with Crippen LogP contribution in [-0.4, -0.2) is 100 Å². The third-order valence-electron chi connectivity index (χ3n) is 12.6. The lowest BCUT2D eigenvalue weighted by Crippen LogP contribution is -2.60. The molecule has 0 saturated carbocycles. The maximum atomic E-state index is 13.0. The number of aliphatic hydroxyl groups excluding tert-OH is 5. The molecule has 1 rings (SSSR count). The molecule has 1 aliphatic heterocycles. The number of nitrogens with one attached hydrogen (secondary N) is 1. The summed E-state index contributed by atoms with van der Waals surface area (Å²) < 4.78 is 16.6. The second-order valence-corrected chi connectivity index (χ2v) is 18.6. The Morgan fingerprint density at radius 3 is 1.55 bits per heavy atom. The first kappa shape index (κ1) is 60.2. The van der Waals surface area contributed by atoms with E-state index in [0.29, 0.717) is 19.4 Å². The van der Waals surface area contributed by atoms with Crippen molar-refractivity contribution in [2.75, 3.05) is 19.8 Å². The number of ether oxygens (including phenoxy) is 3. The number of esters is 1. The van der Waals surface area contributed by atoms with E-state index >= 15 is 0 Å². The zero-order valence-electron chi connectivity index (χ0n) is 41.0. The molecule has 11 nitrogen and oxygen atoms in total. The smallest absolute Gasteiger partial charge is 0.305 e. The highest BCUT2D eigenvalue weighted by Gasteiger charge is 2.44. The molecule has 7 unspecified atom stereocenters. The van der Waals surface area contributed by atoms with Crippen LogP contribution < -0.4 is 5.32 Å². The van der Waals surface area contributed by atoms with Gasteiger partial charge in [0.05, 0.1) is 32.0 Å². The molecule has 0 radical (unpaired) electrons. The molecule has 7 atom stereocenters. The Bertz CT molecular complexity index is 1120. The van der Waals surface area contributed by atoms with E-state index in [0.717, 1.165) is 70.6 Å². The average molecular weight is 910 g/mol. The van der Waals surface area contributed by atoms with Gasteiger partial charge in [0, 0.05) is 12.8 Å². The van der Waals surface area contributed by atoms with Crippen LogP contribution in [0.25, 0.3) is 0 Å². The number of aliphatic hydroxyl groups is 5. The fourth-order valence-electron chi connectivity index (χ4n) is 8.27. The molecule has 64 heavy (non-hydrogen) atoms. The van der Waals surface area contributed by atoms with Crippen molar-refractivity contribution in [3.8, 4) is 0 Å². The van der Waals surface area contributed by atoms with Gasteiger partial charge in [-0.1, -0.05) is 205 Å². The Balaban J connectivity index is 2.21. The molecular formula is C53H99NO10. The number of unbranched alkanes of at least 4 members (excludes halogenated alkanes) is 29. The number of hydrogen-bond donors (Lipinski definition) is 6. The standard InChI is InChI=1S/C53H99NO10/c1-3-5-7-9-11-13-15-16-20-23-27-31-35-39-46(56)45(44-63-53-52(61)51(60)50(59)47(43-55)64-53)54-48(57)40-36-32-28-24-21-17-18-22-26-30-34-38-42-62-49(58)41-37-33-29-25-19-14-12-10-8-6-4-2/h20,23,35,39,45-47,50-53,55-56,59-61H,3-19,21-22,24-34,36-38,40-44H2,1-2H3,(H,54,57)/b23-20+,39-35+. The summed E-state index contributed by atoms with van der Waals surface area (Å²) in [5.74, 6) is -0.242. The predicted octanol–water partition coefficient (Wildman–Crippen LogP) is 11.0. The fraction of sp³-hybridized carbons (Fsp3) is 0.887. The van der Waals surface area contributed by atoms with Crippen LogP contribution in [0.15, 0.2) is 24.3 Å². The second kappa shape index (κ2) is 43.7. The minimum atomic E-state index is -1.58. The first-order chi connectivity index (χ1) is 31.2. The first-order valence-electron chi connectivity index (χ1n) is 26.6. The summed E-state index contributed by atoms with van der Waals surface area (Å²) in [6.07, 6.45) is 39.6. The van der Waals surface area contributed by atoms with Crippen molar-refractivity contribution in [1.82, 2.24) is 5.32 Å². The lowest BCUT2D eigenvalue weighted by molar-refractivity contribution is -0.302. The van der Waals surface area contributed by atoms with Crippen molar-refractivity contribution in [1.29, 1.82) is 0 Å². The molecule has 1 aliphatic rings. The molecule has 0 bridgehead atoms. The molecular weight excluding hydrogens is 811 g/mol. The average Bonchev–Trinajstić information content (AvgIpc) is 3.29. The molecule has 1 heterocycles. The second-order valence-electron chi connectivity index (χ2n) is 18.6. The number of carbonyl (C=O) groups is 2. The van der Waals surface area contributed by atoms with Crippen LogP contribution in [0.2, 0.25) is 0 Å². The van der Waals surface area contributed by atoms with Gasteiger partial charge in [-0.2, -0.15) is 0 Å². The van der Waals surface area contributed by atoms with Gasteiger partial charge >= 0.3 is 5.97 Å². The zero-order chi connectivity index (χ0) is 46.7. The molecule has 1 amide bonds. The number of hydrogen-bond acceptors (Lipinski definition) is 10. The van der Waals surface area contributed by atoms with Crippen molar-refractivity contribution in [3.05, 3.63) is 24.3 Å². The van der Waals surface area contributed by atoms with Gasteiger partial charge in [0.25, 0.3) is 0 Å². The van der Waals surface area contributed by atoms with Gasteiger partial charge in [-0.25, -0.2) is 0 Å². The van der Waals surface area contributed by atoms with Crippen LogP contribution >= 0.6 is 0 Å². The van der Waals surface area contributed by atoms with E-state index in [1.807, 2.05) is 6.08 Å². The highest BCUT2D eigenvalue weighted by Crippen LogP contribution is 2.23. The predicted molar refractivity (Wildman–Crippen MR) is 260 cm³/mol. The molecule has 6 N–H and O–H groups in total. The molecule has 1 fully saturated rings. The van der Waals surface area contributed by atoms with Gasteiger partial charge in [-0.15, -0.1) is 0 Å². The van der Waals surface area contributed by atoms with Gasteiger partial charge in [-0.3, -0.25) is 9.59 Å². The summed E-state index contributed by atoms with van der Waals surface area (Å²) in [6, 6.07) is -0.838. The van der Waals surface area contributed by atoms with Crippen molar-refractivity contribution < 1.29 is 49.3 Å². The van der Waals surface area contributed by atoms with Gasteiger partial charge in [0.2, 0.25) is 5.91 Å². The molecule has 1 saturated heterocycles. The third kappa shape index (κ3) is 33.6. The van der Waals surface area contributed by atoms with Crippen LogP contribution in [0.3, 0.4) is 0 Å². The normalized spacial score (nSPS) is 20.0. The number of rotatable bonds is 45. The first-order valence-corrected chi connectivity index (χ1v) is 26.6. The molecule has 0 aliphatic carbocycles. The van der Waals surface area contributed by atoms with Crippen LogP contribution in [0.1, 0.15) is 239 Å². The zero-order valence-corrected chi connectivity index (χ0v) is 41.0. The van der Waals surface area contributed by atoms with Crippen LogP contribution in [0, 0.1) is 0 Å². The Morgan fingerprint density at radius 1 is 0.562 bits per heavy atom. The van der Waals surface area contributed by atoms with E-state index in [-0.39, 0.29) is 18.5 Å². The van der Waals surface area contributed by atoms with Gasteiger partial charge in [0.1, 0.15) is 24.4 Å². The summed E-state index contributed by atoms with van der Waals surface area (Å²) in [5.41, 5.74) is 0. The lowest BCUT2D eigenvalue weighted by atomic mass is 9.99. The van der Waals surface area contributed by atoms with Crippen molar-refractivity contribution >= 4 is 11.9 Å². The summed E-state index contributed by atoms with van der Waals surface area (Å²) in [4.78, 5) is 25.0. The van der Waals surface area contributed by atoms with E-state index in [1.54, 1.807) is 6.08 Å². The van der Waals surface area contributed by atoms with E-state index in [9.17, 15) is 35.1 Å². The van der Waals surface area contributed by atoms with Gasteiger partial charge in [-0.05, 0) is 44.9 Å². The van der Waals surface area contributed by atoms with Gasteiger partial charge < -0.3 is 45.1 Å². The van der Waals surface area contributed by atoms with Gasteiger partial charge in [0.15, 0.2) is 6.29 Å². The van der Waals surface area contributed by atoms with E-state index < -0.39 is 49.5 Å². The summed E-state index contributed by atoms with van der Waals surface area (Å²) in [5, 5.41) is 54.2. The van der Waals surface area contributed by atoms with Crippen molar-refractivity contribution in [3.63, 3.8) is 0 Å². The van der Waals surface area contributed by atoms with Crippen LogP contribution in [0.5, 0.6) is 0 Å². The molecule has 0 aromatic heterocycles.